The first kappa shape index (κ1) is 11.2. The van der Waals surface area contributed by atoms with Gasteiger partial charge in [-0.05, 0) is 34.7 Å². The molecule has 90 valence electrons. The molecular formula is C12H15BrN4. The summed E-state index contributed by atoms with van der Waals surface area (Å²) in [7, 11) is 0. The summed E-state index contributed by atoms with van der Waals surface area (Å²) in [5.41, 5.74) is 2.08. The molecule has 0 saturated heterocycles. The third-order valence-corrected chi connectivity index (χ3v) is 3.80. The van der Waals surface area contributed by atoms with Gasteiger partial charge in [0.05, 0.1) is 18.1 Å². The first-order valence-electron chi connectivity index (χ1n) is 5.93. The Kier molecular flexibility index (Phi) is 2.88. The SMILES string of the molecule is CC1CC(NCc2cnc3cnc(Br)cn23)C1. The molecule has 5 heteroatoms. The highest BCUT2D eigenvalue weighted by Crippen LogP contribution is 2.26. The molecular weight excluding hydrogens is 280 g/mol. The van der Waals surface area contributed by atoms with Crippen LogP contribution in [0.15, 0.2) is 23.2 Å². The van der Waals surface area contributed by atoms with Crippen LogP contribution in [0.3, 0.4) is 0 Å². The van der Waals surface area contributed by atoms with Crippen molar-refractivity contribution in [2.24, 2.45) is 5.92 Å². The fourth-order valence-corrected chi connectivity index (χ4v) is 2.67. The van der Waals surface area contributed by atoms with Crippen molar-refractivity contribution in [3.63, 3.8) is 0 Å². The van der Waals surface area contributed by atoms with Crippen molar-refractivity contribution in [2.45, 2.75) is 32.4 Å². The predicted molar refractivity (Wildman–Crippen MR) is 69.7 cm³/mol. The van der Waals surface area contributed by atoms with Gasteiger partial charge in [0, 0.05) is 18.8 Å². The summed E-state index contributed by atoms with van der Waals surface area (Å²) in [6.45, 7) is 3.17. The van der Waals surface area contributed by atoms with Crippen molar-refractivity contribution in [1.29, 1.82) is 0 Å². The van der Waals surface area contributed by atoms with E-state index in [0.29, 0.717) is 6.04 Å². The van der Waals surface area contributed by atoms with E-state index in [1.165, 1.54) is 18.5 Å². The van der Waals surface area contributed by atoms with E-state index in [0.717, 1.165) is 22.7 Å². The van der Waals surface area contributed by atoms with Crippen LogP contribution in [0.1, 0.15) is 25.5 Å². The van der Waals surface area contributed by atoms with Gasteiger partial charge in [-0.3, -0.25) is 4.40 Å². The van der Waals surface area contributed by atoms with Gasteiger partial charge in [-0.1, -0.05) is 6.92 Å². The zero-order valence-electron chi connectivity index (χ0n) is 9.73. The normalized spacial score (nSPS) is 23.9. The zero-order chi connectivity index (χ0) is 11.8. The Morgan fingerprint density at radius 1 is 1.41 bits per heavy atom. The molecule has 0 spiro atoms. The molecule has 1 aliphatic carbocycles. The van der Waals surface area contributed by atoms with Crippen molar-refractivity contribution in [1.82, 2.24) is 19.7 Å². The molecule has 1 fully saturated rings. The first-order chi connectivity index (χ1) is 8.22. The second-order valence-corrected chi connectivity index (χ2v) is 5.65. The maximum Gasteiger partial charge on any atom is 0.155 e. The van der Waals surface area contributed by atoms with Gasteiger partial charge in [-0.25, -0.2) is 9.97 Å². The van der Waals surface area contributed by atoms with E-state index in [1.54, 1.807) is 6.20 Å². The van der Waals surface area contributed by atoms with E-state index in [4.69, 9.17) is 0 Å². The summed E-state index contributed by atoms with van der Waals surface area (Å²) >= 11 is 3.38. The smallest absolute Gasteiger partial charge is 0.155 e. The van der Waals surface area contributed by atoms with Crippen LogP contribution in [0, 0.1) is 5.92 Å². The fraction of sp³-hybridized carbons (Fsp3) is 0.500. The van der Waals surface area contributed by atoms with Crippen LogP contribution in [-0.2, 0) is 6.54 Å². The van der Waals surface area contributed by atoms with Crippen molar-refractivity contribution >= 4 is 21.6 Å². The van der Waals surface area contributed by atoms with E-state index < -0.39 is 0 Å². The van der Waals surface area contributed by atoms with Crippen LogP contribution in [-0.4, -0.2) is 20.4 Å². The number of nitrogens with zero attached hydrogens (tertiary/aromatic N) is 3. The number of aromatic nitrogens is 3. The molecule has 0 unspecified atom stereocenters. The van der Waals surface area contributed by atoms with E-state index in [9.17, 15) is 0 Å². The lowest BCUT2D eigenvalue weighted by atomic mass is 9.82. The van der Waals surface area contributed by atoms with Gasteiger partial charge in [-0.2, -0.15) is 0 Å². The standard InChI is InChI=1S/C12H15BrN4/c1-8-2-9(3-8)14-4-10-5-16-12-6-15-11(13)7-17(10)12/h5-9,14H,2-4H2,1H3. The summed E-state index contributed by atoms with van der Waals surface area (Å²) in [5, 5.41) is 3.57. The van der Waals surface area contributed by atoms with Crippen molar-refractivity contribution in [3.8, 4) is 0 Å². The second-order valence-electron chi connectivity index (χ2n) is 4.84. The first-order valence-corrected chi connectivity index (χ1v) is 6.72. The van der Waals surface area contributed by atoms with Crippen LogP contribution in [0.2, 0.25) is 0 Å². The van der Waals surface area contributed by atoms with E-state index in [-0.39, 0.29) is 0 Å². The number of rotatable bonds is 3. The maximum absolute atomic E-state index is 4.34. The monoisotopic (exact) mass is 294 g/mol. The average Bonchev–Trinajstić information content (AvgIpc) is 2.65. The molecule has 4 nitrogen and oxygen atoms in total. The Morgan fingerprint density at radius 3 is 3.00 bits per heavy atom. The maximum atomic E-state index is 4.34. The molecule has 1 N–H and O–H groups in total. The Hall–Kier alpha value is -0.940. The Bertz CT molecular complexity index is 530. The summed E-state index contributed by atoms with van der Waals surface area (Å²) in [5.74, 6) is 0.882. The van der Waals surface area contributed by atoms with Gasteiger partial charge in [0.15, 0.2) is 5.65 Å². The van der Waals surface area contributed by atoms with Gasteiger partial charge < -0.3 is 5.32 Å². The topological polar surface area (TPSA) is 42.2 Å². The molecule has 0 atom stereocenters. The third-order valence-electron chi connectivity index (χ3n) is 3.39. The van der Waals surface area contributed by atoms with Crippen LogP contribution in [0.25, 0.3) is 5.65 Å². The lowest BCUT2D eigenvalue weighted by Gasteiger charge is -2.33. The number of nitrogens with one attached hydrogen (secondary N) is 1. The molecule has 3 rings (SSSR count). The van der Waals surface area contributed by atoms with Gasteiger partial charge >= 0.3 is 0 Å². The van der Waals surface area contributed by atoms with Gasteiger partial charge in [0.2, 0.25) is 0 Å². The summed E-state index contributed by atoms with van der Waals surface area (Å²) in [4.78, 5) is 8.50. The minimum Gasteiger partial charge on any atom is -0.308 e. The number of hydrogen-bond donors (Lipinski definition) is 1. The fourth-order valence-electron chi connectivity index (χ4n) is 2.36. The minimum atomic E-state index is 0.681. The quantitative estimate of drug-likeness (QED) is 0.945. The van der Waals surface area contributed by atoms with Gasteiger partial charge in [-0.15, -0.1) is 0 Å². The van der Waals surface area contributed by atoms with Crippen LogP contribution in [0.4, 0.5) is 0 Å². The Labute approximate surface area is 109 Å². The zero-order valence-corrected chi connectivity index (χ0v) is 11.3. The molecule has 17 heavy (non-hydrogen) atoms. The summed E-state index contributed by atoms with van der Waals surface area (Å²) < 4.78 is 2.91. The lowest BCUT2D eigenvalue weighted by Crippen LogP contribution is -2.39. The van der Waals surface area contributed by atoms with Gasteiger partial charge in [0.25, 0.3) is 0 Å². The van der Waals surface area contributed by atoms with Crippen LogP contribution in [0.5, 0.6) is 0 Å². The lowest BCUT2D eigenvalue weighted by molar-refractivity contribution is 0.239. The molecule has 1 saturated carbocycles. The van der Waals surface area contributed by atoms with Crippen LogP contribution < -0.4 is 5.32 Å². The van der Waals surface area contributed by atoms with Crippen molar-refractivity contribution in [2.75, 3.05) is 0 Å². The Morgan fingerprint density at radius 2 is 2.24 bits per heavy atom. The third kappa shape index (κ3) is 2.21. The molecule has 0 bridgehead atoms. The van der Waals surface area contributed by atoms with Crippen molar-refractivity contribution < 1.29 is 0 Å². The molecule has 1 aliphatic rings. The van der Waals surface area contributed by atoms with E-state index >= 15 is 0 Å². The molecule has 2 aromatic rings. The highest BCUT2D eigenvalue weighted by molar-refractivity contribution is 9.10. The number of hydrogen-bond acceptors (Lipinski definition) is 3. The van der Waals surface area contributed by atoms with E-state index in [2.05, 4.69) is 42.5 Å². The van der Waals surface area contributed by atoms with Crippen molar-refractivity contribution in [3.05, 3.63) is 28.9 Å². The number of fused-ring (bicyclic) bond motifs is 1. The number of halogens is 1. The molecule has 0 aliphatic heterocycles. The number of imidazole rings is 1. The molecule has 0 radical (unpaired) electrons. The second kappa shape index (κ2) is 4.38. The minimum absolute atomic E-state index is 0.681. The molecule has 2 heterocycles. The van der Waals surface area contributed by atoms with Crippen LogP contribution >= 0.6 is 15.9 Å². The molecule has 0 amide bonds. The summed E-state index contributed by atoms with van der Waals surface area (Å²) in [6, 6.07) is 0.681. The highest BCUT2D eigenvalue weighted by Gasteiger charge is 2.24. The largest absolute Gasteiger partial charge is 0.308 e. The Balaban J connectivity index is 1.74. The van der Waals surface area contributed by atoms with E-state index in [1.807, 2.05) is 12.4 Å². The predicted octanol–water partition coefficient (Wildman–Crippen LogP) is 2.38. The molecule has 0 aromatic carbocycles. The van der Waals surface area contributed by atoms with Gasteiger partial charge in [0.1, 0.15) is 4.60 Å². The molecule has 2 aromatic heterocycles. The summed E-state index contributed by atoms with van der Waals surface area (Å²) in [6.07, 6.45) is 8.24. The highest BCUT2D eigenvalue weighted by atomic mass is 79.9. The average molecular weight is 295 g/mol.